The van der Waals surface area contributed by atoms with E-state index in [9.17, 15) is 13.6 Å². The van der Waals surface area contributed by atoms with Crippen molar-refractivity contribution in [3.05, 3.63) is 45.8 Å². The lowest BCUT2D eigenvalue weighted by atomic mass is 10.1. The fraction of sp³-hybridized carbons (Fsp3) is 0.417. The van der Waals surface area contributed by atoms with E-state index in [1.807, 2.05) is 0 Å². The highest BCUT2D eigenvalue weighted by molar-refractivity contribution is 5.77. The van der Waals surface area contributed by atoms with Crippen LogP contribution in [-0.4, -0.2) is 25.7 Å². The van der Waals surface area contributed by atoms with Gasteiger partial charge in [-0.3, -0.25) is 0 Å². The topological polar surface area (TPSA) is 87.1 Å². The number of ether oxygens (including phenoxy) is 1. The largest absolute Gasteiger partial charge is 0.465 e. The number of carbonyl (C=O) groups is 1. The summed E-state index contributed by atoms with van der Waals surface area (Å²) in [6, 6.07) is 1.84. The average molecular weight is 284 g/mol. The number of hydrogen-bond donors (Lipinski definition) is 1. The van der Waals surface area contributed by atoms with Crippen LogP contribution in [0.25, 0.3) is 10.4 Å². The molecule has 0 saturated heterocycles. The molecule has 0 heterocycles. The number of rotatable bonds is 7. The first-order valence-corrected chi connectivity index (χ1v) is 5.96. The summed E-state index contributed by atoms with van der Waals surface area (Å²) in [7, 11) is 0. The predicted molar refractivity (Wildman–Crippen MR) is 67.7 cm³/mol. The van der Waals surface area contributed by atoms with Crippen molar-refractivity contribution in [2.45, 2.75) is 13.0 Å². The Morgan fingerprint density at radius 1 is 1.55 bits per heavy atom. The molecule has 0 aliphatic heterocycles. The fourth-order valence-electron chi connectivity index (χ4n) is 1.59. The summed E-state index contributed by atoms with van der Waals surface area (Å²) in [5.41, 5.74) is 8.13. The number of halogens is 2. The maximum absolute atomic E-state index is 13.7. The Hall–Kier alpha value is -2.18. The predicted octanol–water partition coefficient (Wildman–Crippen LogP) is 2.47. The van der Waals surface area contributed by atoms with E-state index in [0.29, 0.717) is 6.07 Å². The highest BCUT2D eigenvalue weighted by Gasteiger charge is 2.24. The third-order valence-electron chi connectivity index (χ3n) is 2.42. The van der Waals surface area contributed by atoms with Gasteiger partial charge in [0.25, 0.3) is 0 Å². The molecule has 0 bridgehead atoms. The molecule has 8 heteroatoms. The second-order valence-corrected chi connectivity index (χ2v) is 3.76. The molecule has 0 aliphatic carbocycles. The molecule has 0 radical (unpaired) electrons. The Morgan fingerprint density at radius 2 is 2.30 bits per heavy atom. The van der Waals surface area contributed by atoms with Crippen LogP contribution in [0.1, 0.15) is 18.5 Å². The van der Waals surface area contributed by atoms with Crippen molar-refractivity contribution in [2.75, 3.05) is 19.7 Å². The second-order valence-electron chi connectivity index (χ2n) is 3.76. The molecule has 0 spiro atoms. The summed E-state index contributed by atoms with van der Waals surface area (Å²) < 4.78 is 31.4. The van der Waals surface area contributed by atoms with E-state index in [2.05, 4.69) is 15.3 Å². The highest BCUT2D eigenvalue weighted by Crippen LogP contribution is 2.19. The van der Waals surface area contributed by atoms with Crippen molar-refractivity contribution in [1.82, 2.24) is 5.32 Å². The van der Waals surface area contributed by atoms with E-state index in [1.165, 1.54) is 6.07 Å². The van der Waals surface area contributed by atoms with E-state index in [-0.39, 0.29) is 25.3 Å². The van der Waals surface area contributed by atoms with Gasteiger partial charge in [0.1, 0.15) is 17.7 Å². The molecule has 108 valence electrons. The van der Waals surface area contributed by atoms with Crippen molar-refractivity contribution in [3.8, 4) is 0 Å². The molecular weight excluding hydrogens is 270 g/mol. The van der Waals surface area contributed by atoms with Crippen LogP contribution in [0, 0.1) is 11.6 Å². The summed E-state index contributed by atoms with van der Waals surface area (Å²) in [6.07, 6.45) is 0. The smallest absolute Gasteiger partial charge is 0.327 e. The molecule has 1 aromatic rings. The second kappa shape index (κ2) is 8.08. The van der Waals surface area contributed by atoms with E-state index >= 15 is 0 Å². The highest BCUT2D eigenvalue weighted by atomic mass is 19.1. The zero-order valence-electron chi connectivity index (χ0n) is 10.8. The van der Waals surface area contributed by atoms with Gasteiger partial charge in [0, 0.05) is 29.6 Å². The number of hydrogen-bond acceptors (Lipinski definition) is 4. The standard InChI is InChI=1S/C12H14F2N4O2/c1-2-20-12(19)11(16-5-6-17-18-15)9-4-3-8(13)7-10(9)14/h3-4,7,11,16H,2,5-6H2,1H3. The molecule has 6 nitrogen and oxygen atoms in total. The van der Waals surface area contributed by atoms with Crippen molar-refractivity contribution < 1.29 is 18.3 Å². The van der Waals surface area contributed by atoms with Gasteiger partial charge in [0.2, 0.25) is 0 Å². The van der Waals surface area contributed by atoms with Crippen LogP contribution < -0.4 is 5.32 Å². The van der Waals surface area contributed by atoms with Gasteiger partial charge in [-0.2, -0.15) is 0 Å². The quantitative estimate of drug-likeness (QED) is 0.274. The summed E-state index contributed by atoms with van der Waals surface area (Å²) in [6.45, 7) is 2.01. The normalized spacial score (nSPS) is 11.6. The zero-order chi connectivity index (χ0) is 15.0. The fourth-order valence-corrected chi connectivity index (χ4v) is 1.59. The zero-order valence-corrected chi connectivity index (χ0v) is 10.8. The Morgan fingerprint density at radius 3 is 2.90 bits per heavy atom. The molecule has 0 aliphatic rings. The van der Waals surface area contributed by atoms with Gasteiger partial charge < -0.3 is 10.1 Å². The molecule has 1 aromatic carbocycles. The third kappa shape index (κ3) is 4.49. The van der Waals surface area contributed by atoms with Gasteiger partial charge in [0.15, 0.2) is 0 Å². The Labute approximate surface area is 114 Å². The molecule has 1 rings (SSSR count). The monoisotopic (exact) mass is 284 g/mol. The number of nitrogens with one attached hydrogen (secondary N) is 1. The first kappa shape index (κ1) is 15.9. The van der Waals surface area contributed by atoms with Crippen LogP contribution in [0.5, 0.6) is 0 Å². The van der Waals surface area contributed by atoms with Crippen molar-refractivity contribution in [3.63, 3.8) is 0 Å². The minimum Gasteiger partial charge on any atom is -0.465 e. The van der Waals surface area contributed by atoms with Crippen LogP contribution in [-0.2, 0) is 9.53 Å². The number of esters is 1. The summed E-state index contributed by atoms with van der Waals surface area (Å²) in [4.78, 5) is 14.4. The van der Waals surface area contributed by atoms with E-state index in [4.69, 9.17) is 10.3 Å². The van der Waals surface area contributed by atoms with Crippen LogP contribution in [0.15, 0.2) is 23.3 Å². The van der Waals surface area contributed by atoms with Gasteiger partial charge in [-0.15, -0.1) is 0 Å². The Kier molecular flexibility index (Phi) is 6.42. The van der Waals surface area contributed by atoms with Gasteiger partial charge in [0.05, 0.1) is 6.61 Å². The summed E-state index contributed by atoms with van der Waals surface area (Å²) in [5, 5.41) is 6.01. The first-order valence-electron chi connectivity index (χ1n) is 5.96. The van der Waals surface area contributed by atoms with E-state index in [1.54, 1.807) is 6.92 Å². The number of nitrogens with zero attached hydrogens (tertiary/aromatic N) is 3. The minimum atomic E-state index is -1.08. The van der Waals surface area contributed by atoms with Crippen molar-refractivity contribution >= 4 is 5.97 Å². The van der Waals surface area contributed by atoms with Gasteiger partial charge in [-0.25, -0.2) is 13.6 Å². The lowest BCUT2D eigenvalue weighted by Gasteiger charge is -2.17. The first-order chi connectivity index (χ1) is 9.60. The van der Waals surface area contributed by atoms with Crippen LogP contribution in [0.2, 0.25) is 0 Å². The van der Waals surface area contributed by atoms with E-state index < -0.39 is 23.6 Å². The number of azide groups is 1. The third-order valence-corrected chi connectivity index (χ3v) is 2.42. The van der Waals surface area contributed by atoms with Crippen LogP contribution in [0.4, 0.5) is 8.78 Å². The van der Waals surface area contributed by atoms with Gasteiger partial charge in [-0.1, -0.05) is 11.2 Å². The minimum absolute atomic E-state index is 0.0224. The molecule has 0 aromatic heterocycles. The Bertz CT molecular complexity index is 518. The lowest BCUT2D eigenvalue weighted by Crippen LogP contribution is -2.32. The molecule has 1 N–H and O–H groups in total. The maximum atomic E-state index is 13.7. The molecule has 1 atom stereocenters. The SMILES string of the molecule is CCOC(=O)C(NCCN=[N+]=[N-])c1ccc(F)cc1F. The van der Waals surface area contributed by atoms with Gasteiger partial charge in [-0.05, 0) is 18.5 Å². The molecular formula is C12H14F2N4O2. The molecule has 0 fully saturated rings. The molecule has 0 amide bonds. The summed E-state index contributed by atoms with van der Waals surface area (Å²) in [5.74, 6) is -2.26. The maximum Gasteiger partial charge on any atom is 0.327 e. The van der Waals surface area contributed by atoms with Crippen LogP contribution >= 0.6 is 0 Å². The van der Waals surface area contributed by atoms with Crippen molar-refractivity contribution in [1.29, 1.82) is 0 Å². The average Bonchev–Trinajstić information content (AvgIpc) is 2.40. The molecule has 1 unspecified atom stereocenters. The van der Waals surface area contributed by atoms with Crippen molar-refractivity contribution in [2.24, 2.45) is 5.11 Å². The number of benzene rings is 1. The molecule has 0 saturated carbocycles. The number of carbonyl (C=O) groups excluding carboxylic acids is 1. The van der Waals surface area contributed by atoms with Gasteiger partial charge >= 0.3 is 5.97 Å². The Balaban J connectivity index is 2.90. The summed E-state index contributed by atoms with van der Waals surface area (Å²) >= 11 is 0. The van der Waals surface area contributed by atoms with Crippen LogP contribution in [0.3, 0.4) is 0 Å². The molecule has 20 heavy (non-hydrogen) atoms. The lowest BCUT2D eigenvalue weighted by molar-refractivity contribution is -0.145. The van der Waals surface area contributed by atoms with E-state index in [0.717, 1.165) is 6.07 Å².